The minimum atomic E-state index is -0.618. The maximum Gasteiger partial charge on any atom is 0.331 e. The van der Waals surface area contributed by atoms with E-state index < -0.39 is 5.97 Å². The number of rotatable bonds is 6. The van der Waals surface area contributed by atoms with Crippen LogP contribution in [0.3, 0.4) is 0 Å². The predicted octanol–water partition coefficient (Wildman–Crippen LogP) is 2.74. The maximum atomic E-state index is 12.4. The van der Waals surface area contributed by atoms with E-state index in [-0.39, 0.29) is 12.5 Å². The molecule has 8 nitrogen and oxygen atoms in total. The van der Waals surface area contributed by atoms with Crippen LogP contribution in [0.4, 0.5) is 5.69 Å². The molecule has 3 aromatic rings. The lowest BCUT2D eigenvalue weighted by Gasteiger charge is -2.36. The fourth-order valence-corrected chi connectivity index (χ4v) is 3.38. The minimum Gasteiger partial charge on any atom is -0.497 e. The second-order valence-corrected chi connectivity index (χ2v) is 7.03. The number of oxazole rings is 1. The van der Waals surface area contributed by atoms with Crippen molar-refractivity contribution >= 4 is 34.7 Å². The highest BCUT2D eigenvalue weighted by Crippen LogP contribution is 2.20. The van der Waals surface area contributed by atoms with Gasteiger partial charge in [-0.05, 0) is 36.4 Å². The van der Waals surface area contributed by atoms with E-state index >= 15 is 0 Å². The average molecular weight is 421 g/mol. The molecule has 160 valence electrons. The lowest BCUT2D eigenvalue weighted by molar-refractivity contribution is -0.148. The molecule has 0 radical (unpaired) electrons. The van der Waals surface area contributed by atoms with Gasteiger partial charge in [0, 0.05) is 44.0 Å². The lowest BCUT2D eigenvalue weighted by Crippen LogP contribution is -2.49. The molecule has 4 rings (SSSR count). The third-order valence-corrected chi connectivity index (χ3v) is 5.08. The average Bonchev–Trinajstić information content (AvgIpc) is 3.24. The van der Waals surface area contributed by atoms with Crippen molar-refractivity contribution in [1.29, 1.82) is 0 Å². The van der Waals surface area contributed by atoms with Crippen molar-refractivity contribution in [1.82, 2.24) is 9.88 Å². The third kappa shape index (κ3) is 5.03. The Morgan fingerprint density at radius 1 is 1.06 bits per heavy atom. The van der Waals surface area contributed by atoms with Gasteiger partial charge in [-0.1, -0.05) is 12.1 Å². The summed E-state index contributed by atoms with van der Waals surface area (Å²) in [6.07, 6.45) is 2.64. The molecule has 2 aromatic carbocycles. The zero-order chi connectivity index (χ0) is 21.6. The molecule has 1 fully saturated rings. The second kappa shape index (κ2) is 9.34. The van der Waals surface area contributed by atoms with Crippen LogP contribution in [-0.2, 0) is 14.3 Å². The smallest absolute Gasteiger partial charge is 0.331 e. The predicted molar refractivity (Wildman–Crippen MR) is 116 cm³/mol. The van der Waals surface area contributed by atoms with Crippen LogP contribution in [0, 0.1) is 0 Å². The van der Waals surface area contributed by atoms with Gasteiger partial charge in [0.1, 0.15) is 11.3 Å². The highest BCUT2D eigenvalue weighted by Gasteiger charge is 2.22. The molecule has 31 heavy (non-hydrogen) atoms. The number of nitrogens with zero attached hydrogens (tertiary/aromatic N) is 3. The summed E-state index contributed by atoms with van der Waals surface area (Å²) in [5.41, 5.74) is 2.43. The monoisotopic (exact) mass is 421 g/mol. The number of benzene rings is 2. The zero-order valence-corrected chi connectivity index (χ0v) is 17.2. The van der Waals surface area contributed by atoms with Crippen LogP contribution in [-0.4, -0.2) is 61.7 Å². The van der Waals surface area contributed by atoms with Gasteiger partial charge in [-0.25, -0.2) is 9.78 Å². The fourth-order valence-electron chi connectivity index (χ4n) is 3.38. The Balaban J connectivity index is 1.22. The SMILES string of the molecule is COc1ccc(N2CCN(C(=O)COC(=O)/C=C/c3nc4ccccc4o3)CC2)cc1. The quantitative estimate of drug-likeness (QED) is 0.447. The highest BCUT2D eigenvalue weighted by molar-refractivity contribution is 5.89. The van der Waals surface area contributed by atoms with E-state index in [0.29, 0.717) is 43.2 Å². The molecule has 1 amide bonds. The van der Waals surface area contributed by atoms with E-state index in [1.807, 2.05) is 42.5 Å². The van der Waals surface area contributed by atoms with Crippen molar-refractivity contribution in [2.75, 3.05) is 44.8 Å². The summed E-state index contributed by atoms with van der Waals surface area (Å²) in [4.78, 5) is 32.5. The first-order valence-corrected chi connectivity index (χ1v) is 9.99. The van der Waals surface area contributed by atoms with Gasteiger partial charge in [0.15, 0.2) is 12.2 Å². The van der Waals surface area contributed by atoms with E-state index in [2.05, 4.69) is 9.88 Å². The number of esters is 1. The van der Waals surface area contributed by atoms with E-state index in [0.717, 1.165) is 11.4 Å². The topological polar surface area (TPSA) is 85.1 Å². The molecular weight excluding hydrogens is 398 g/mol. The number of hydrogen-bond acceptors (Lipinski definition) is 7. The van der Waals surface area contributed by atoms with Crippen LogP contribution in [0.5, 0.6) is 5.75 Å². The van der Waals surface area contributed by atoms with Gasteiger partial charge in [-0.2, -0.15) is 0 Å². The number of hydrogen-bond donors (Lipinski definition) is 0. The summed E-state index contributed by atoms with van der Waals surface area (Å²) in [6, 6.07) is 15.2. The molecule has 1 aromatic heterocycles. The van der Waals surface area contributed by atoms with E-state index in [4.69, 9.17) is 13.9 Å². The number of amides is 1. The molecule has 0 unspecified atom stereocenters. The van der Waals surface area contributed by atoms with Crippen molar-refractivity contribution in [3.63, 3.8) is 0 Å². The molecule has 0 atom stereocenters. The van der Waals surface area contributed by atoms with Crippen molar-refractivity contribution in [2.45, 2.75) is 0 Å². The molecule has 0 bridgehead atoms. The Labute approximate surface area is 179 Å². The minimum absolute atomic E-state index is 0.210. The number of ether oxygens (including phenoxy) is 2. The molecule has 2 heterocycles. The van der Waals surface area contributed by atoms with Crippen LogP contribution in [0.1, 0.15) is 5.89 Å². The van der Waals surface area contributed by atoms with Crippen LogP contribution in [0.15, 0.2) is 59.0 Å². The van der Waals surface area contributed by atoms with Gasteiger partial charge in [-0.15, -0.1) is 0 Å². The molecule has 1 saturated heterocycles. The van der Waals surface area contributed by atoms with E-state index in [1.54, 1.807) is 18.1 Å². The van der Waals surface area contributed by atoms with Gasteiger partial charge < -0.3 is 23.7 Å². The number of methoxy groups -OCH3 is 1. The molecule has 0 aliphatic carbocycles. The number of fused-ring (bicyclic) bond motifs is 1. The number of para-hydroxylation sites is 2. The standard InChI is InChI=1S/C23H23N3O5/c1-29-18-8-6-17(7-9-18)25-12-14-26(15-13-25)22(27)16-30-23(28)11-10-21-24-19-4-2-3-5-20(19)31-21/h2-11H,12-16H2,1H3/b11-10+. The molecule has 0 spiro atoms. The number of carbonyl (C=O) groups excluding carboxylic acids is 2. The maximum absolute atomic E-state index is 12.4. The first-order valence-electron chi connectivity index (χ1n) is 9.99. The Morgan fingerprint density at radius 2 is 1.81 bits per heavy atom. The van der Waals surface area contributed by atoms with Gasteiger partial charge >= 0.3 is 5.97 Å². The molecule has 0 saturated carbocycles. The molecule has 1 aliphatic heterocycles. The van der Waals surface area contributed by atoms with Gasteiger partial charge in [0.25, 0.3) is 5.91 Å². The van der Waals surface area contributed by atoms with Crippen molar-refractivity contribution in [3.05, 3.63) is 60.5 Å². The summed E-state index contributed by atoms with van der Waals surface area (Å²) >= 11 is 0. The van der Waals surface area contributed by atoms with Crippen molar-refractivity contribution in [3.8, 4) is 5.75 Å². The van der Waals surface area contributed by atoms with Crippen molar-refractivity contribution < 1.29 is 23.5 Å². The second-order valence-electron chi connectivity index (χ2n) is 7.03. The summed E-state index contributed by atoms with van der Waals surface area (Å²) in [5, 5.41) is 0. The van der Waals surface area contributed by atoms with Gasteiger partial charge in [0.05, 0.1) is 7.11 Å². The Kier molecular flexibility index (Phi) is 6.16. The van der Waals surface area contributed by atoms with Gasteiger partial charge in [0.2, 0.25) is 5.89 Å². The molecule has 1 aliphatic rings. The highest BCUT2D eigenvalue weighted by atomic mass is 16.5. The first-order chi connectivity index (χ1) is 15.1. The number of aromatic nitrogens is 1. The summed E-state index contributed by atoms with van der Waals surface area (Å²) in [6.45, 7) is 2.27. The first kappa shape index (κ1) is 20.5. The fraction of sp³-hybridized carbons (Fsp3) is 0.261. The molecule has 0 N–H and O–H groups in total. The van der Waals surface area contributed by atoms with Crippen molar-refractivity contribution in [2.24, 2.45) is 0 Å². The van der Waals surface area contributed by atoms with Crippen LogP contribution in [0.2, 0.25) is 0 Å². The van der Waals surface area contributed by atoms with Crippen LogP contribution < -0.4 is 9.64 Å². The van der Waals surface area contributed by atoms with Crippen LogP contribution >= 0.6 is 0 Å². The van der Waals surface area contributed by atoms with E-state index in [1.165, 1.54) is 12.2 Å². The van der Waals surface area contributed by atoms with Crippen LogP contribution in [0.25, 0.3) is 17.2 Å². The number of piperazine rings is 1. The molecule has 8 heteroatoms. The number of anilines is 1. The van der Waals surface area contributed by atoms with E-state index in [9.17, 15) is 9.59 Å². The molecular formula is C23H23N3O5. The Hall–Kier alpha value is -3.81. The summed E-state index contributed by atoms with van der Waals surface area (Å²) in [7, 11) is 1.64. The Morgan fingerprint density at radius 3 is 2.52 bits per heavy atom. The summed E-state index contributed by atoms with van der Waals surface area (Å²) in [5.74, 6) is 0.286. The largest absolute Gasteiger partial charge is 0.497 e. The van der Waals surface area contributed by atoms with Gasteiger partial charge in [-0.3, -0.25) is 4.79 Å². The zero-order valence-electron chi connectivity index (χ0n) is 17.2. The number of carbonyl (C=O) groups is 2. The third-order valence-electron chi connectivity index (χ3n) is 5.08. The lowest BCUT2D eigenvalue weighted by atomic mass is 10.2. The summed E-state index contributed by atoms with van der Waals surface area (Å²) < 4.78 is 15.8. The normalized spacial score (nSPS) is 14.2. The Bertz CT molecular complexity index is 1050.